The number of hydrogen-bond acceptors (Lipinski definition) is 4. The molecule has 148 valence electrons. The number of fused-ring (bicyclic) bond motifs is 1. The second kappa shape index (κ2) is 9.73. The van der Waals surface area contributed by atoms with Crippen molar-refractivity contribution in [1.29, 1.82) is 0 Å². The number of nitrogens with one attached hydrogen (secondary N) is 2. The van der Waals surface area contributed by atoms with Crippen LogP contribution in [0.15, 0.2) is 35.5 Å². The van der Waals surface area contributed by atoms with Gasteiger partial charge in [-0.2, -0.15) is 0 Å². The molecule has 2 aromatic rings. The average molecular weight is 500 g/mol. The molecular weight excluding hydrogens is 471 g/mol. The van der Waals surface area contributed by atoms with Gasteiger partial charge in [-0.05, 0) is 26.3 Å². The highest BCUT2D eigenvalue weighted by Crippen LogP contribution is 2.39. The molecule has 1 aromatic heterocycles. The molecule has 0 fully saturated rings. The molecule has 1 atom stereocenters. The zero-order chi connectivity index (χ0) is 18.6. The Labute approximate surface area is 183 Å². The quantitative estimate of drug-likeness (QED) is 0.365. The minimum absolute atomic E-state index is 0. The van der Waals surface area contributed by atoms with E-state index in [2.05, 4.69) is 53.5 Å². The maximum atomic E-state index is 6.11. The number of para-hydroxylation sites is 1. The van der Waals surface area contributed by atoms with E-state index in [0.717, 1.165) is 37.5 Å². The van der Waals surface area contributed by atoms with Crippen molar-refractivity contribution >= 4 is 41.3 Å². The van der Waals surface area contributed by atoms with Gasteiger partial charge >= 0.3 is 0 Å². The Hall–Kier alpha value is -1.35. The Kier molecular flexibility index (Phi) is 7.91. The van der Waals surface area contributed by atoms with Gasteiger partial charge in [0.1, 0.15) is 11.4 Å². The maximum absolute atomic E-state index is 6.11. The van der Waals surface area contributed by atoms with Crippen LogP contribution in [0.3, 0.4) is 0 Å². The van der Waals surface area contributed by atoms with Gasteiger partial charge in [0.25, 0.3) is 0 Å². The molecular formula is C20H29IN4OS. The minimum Gasteiger partial charge on any atom is -0.487 e. The van der Waals surface area contributed by atoms with E-state index in [0.29, 0.717) is 0 Å². The Balaban J connectivity index is 0.00000261. The monoisotopic (exact) mass is 500 g/mol. The number of rotatable bonds is 5. The lowest BCUT2D eigenvalue weighted by Crippen LogP contribution is -2.45. The van der Waals surface area contributed by atoms with Crippen LogP contribution < -0.4 is 15.4 Å². The zero-order valence-electron chi connectivity index (χ0n) is 16.4. The lowest BCUT2D eigenvalue weighted by Gasteiger charge is -2.38. The third-order valence-corrected chi connectivity index (χ3v) is 5.69. The fraction of sp³-hybridized carbons (Fsp3) is 0.500. The third-order valence-electron chi connectivity index (χ3n) is 4.49. The van der Waals surface area contributed by atoms with Crippen LogP contribution >= 0.6 is 35.3 Å². The van der Waals surface area contributed by atoms with Crippen LogP contribution in [-0.4, -0.2) is 30.1 Å². The first-order chi connectivity index (χ1) is 12.5. The van der Waals surface area contributed by atoms with Gasteiger partial charge in [-0.25, -0.2) is 4.98 Å². The van der Waals surface area contributed by atoms with Crippen molar-refractivity contribution in [3.05, 3.63) is 45.9 Å². The summed E-state index contributed by atoms with van der Waals surface area (Å²) in [5.74, 6) is 1.77. The molecule has 1 aliphatic rings. The molecule has 1 aliphatic heterocycles. The van der Waals surface area contributed by atoms with Crippen molar-refractivity contribution in [2.24, 2.45) is 4.99 Å². The second-order valence-electron chi connectivity index (χ2n) is 7.12. The van der Waals surface area contributed by atoms with Crippen LogP contribution in [0, 0.1) is 0 Å². The highest BCUT2D eigenvalue weighted by atomic mass is 127. The van der Waals surface area contributed by atoms with E-state index < -0.39 is 0 Å². The SMILES string of the molecule is CCc1cnc(CCNC(=NC)NC2CC(C)(C)Oc3ccccc32)s1.I. The average Bonchev–Trinajstić information content (AvgIpc) is 3.07. The molecule has 0 amide bonds. The van der Waals surface area contributed by atoms with E-state index >= 15 is 0 Å². The van der Waals surface area contributed by atoms with Crippen LogP contribution in [0.4, 0.5) is 0 Å². The van der Waals surface area contributed by atoms with E-state index in [-0.39, 0.29) is 35.6 Å². The lowest BCUT2D eigenvalue weighted by molar-refractivity contribution is 0.0694. The molecule has 0 saturated heterocycles. The highest BCUT2D eigenvalue weighted by molar-refractivity contribution is 14.0. The Morgan fingerprint density at radius 1 is 1.37 bits per heavy atom. The molecule has 7 heteroatoms. The van der Waals surface area contributed by atoms with Crippen molar-refractivity contribution in [2.75, 3.05) is 13.6 Å². The van der Waals surface area contributed by atoms with Gasteiger partial charge in [-0.1, -0.05) is 25.1 Å². The zero-order valence-corrected chi connectivity index (χ0v) is 19.6. The van der Waals surface area contributed by atoms with Crippen LogP contribution in [0.5, 0.6) is 5.75 Å². The van der Waals surface area contributed by atoms with Crippen molar-refractivity contribution in [3.8, 4) is 5.75 Å². The molecule has 0 aliphatic carbocycles. The molecule has 0 saturated carbocycles. The summed E-state index contributed by atoms with van der Waals surface area (Å²) >= 11 is 1.79. The first-order valence-corrected chi connectivity index (χ1v) is 10.0. The van der Waals surface area contributed by atoms with E-state index in [1.807, 2.05) is 25.4 Å². The number of aryl methyl sites for hydroxylation is 1. The number of benzene rings is 1. The Morgan fingerprint density at radius 2 is 2.15 bits per heavy atom. The van der Waals surface area contributed by atoms with Crippen LogP contribution in [0.2, 0.25) is 0 Å². The number of thiazole rings is 1. The number of hydrogen-bond donors (Lipinski definition) is 2. The van der Waals surface area contributed by atoms with Crippen molar-refractivity contribution in [3.63, 3.8) is 0 Å². The number of aromatic nitrogens is 1. The number of guanidine groups is 1. The molecule has 2 heterocycles. The predicted molar refractivity (Wildman–Crippen MR) is 124 cm³/mol. The third kappa shape index (κ3) is 5.81. The number of aliphatic imine (C=N–C) groups is 1. The van der Waals surface area contributed by atoms with Crippen LogP contribution in [0.25, 0.3) is 0 Å². The standard InChI is InChI=1S/C20H28N4OS.HI/c1-5-14-13-23-18(26-14)10-11-22-19(21-4)24-16-12-20(2,3)25-17-9-7-6-8-15(16)17;/h6-9,13,16H,5,10-12H2,1-4H3,(H2,21,22,24);1H. The summed E-state index contributed by atoms with van der Waals surface area (Å²) in [6.45, 7) is 7.22. The first-order valence-electron chi connectivity index (χ1n) is 9.19. The number of ether oxygens (including phenoxy) is 1. The predicted octanol–water partition coefficient (Wildman–Crippen LogP) is 4.33. The summed E-state index contributed by atoms with van der Waals surface area (Å²) in [5, 5.41) is 8.15. The van der Waals surface area contributed by atoms with Crippen molar-refractivity contribution in [2.45, 2.75) is 51.7 Å². The van der Waals surface area contributed by atoms with Gasteiger partial charge in [-0.15, -0.1) is 35.3 Å². The molecule has 0 bridgehead atoms. The summed E-state index contributed by atoms with van der Waals surface area (Å²) < 4.78 is 6.11. The van der Waals surface area contributed by atoms with Crippen molar-refractivity contribution < 1.29 is 4.74 Å². The Morgan fingerprint density at radius 3 is 2.85 bits per heavy atom. The second-order valence-corrected chi connectivity index (χ2v) is 8.32. The summed E-state index contributed by atoms with van der Waals surface area (Å²) in [6.07, 6.45) is 4.82. The van der Waals surface area contributed by atoms with Gasteiger partial charge in [0.15, 0.2) is 5.96 Å². The van der Waals surface area contributed by atoms with Gasteiger partial charge in [0, 0.05) is 43.1 Å². The summed E-state index contributed by atoms with van der Waals surface area (Å²) in [7, 11) is 1.81. The van der Waals surface area contributed by atoms with E-state index in [9.17, 15) is 0 Å². The molecule has 0 spiro atoms. The highest BCUT2D eigenvalue weighted by Gasteiger charge is 2.33. The van der Waals surface area contributed by atoms with Gasteiger partial charge in [0.2, 0.25) is 0 Å². The molecule has 5 nitrogen and oxygen atoms in total. The van der Waals surface area contributed by atoms with Crippen LogP contribution in [0.1, 0.15) is 48.7 Å². The van der Waals surface area contributed by atoms with E-state index in [1.165, 1.54) is 15.4 Å². The van der Waals surface area contributed by atoms with E-state index in [1.54, 1.807) is 11.3 Å². The molecule has 3 rings (SSSR count). The molecule has 27 heavy (non-hydrogen) atoms. The topological polar surface area (TPSA) is 58.5 Å². The molecule has 2 N–H and O–H groups in total. The fourth-order valence-electron chi connectivity index (χ4n) is 3.21. The molecule has 1 aromatic carbocycles. The Bertz CT molecular complexity index is 775. The molecule has 1 unspecified atom stereocenters. The summed E-state index contributed by atoms with van der Waals surface area (Å²) in [5.41, 5.74) is 0.977. The first kappa shape index (κ1) is 21.9. The fourth-order valence-corrected chi connectivity index (χ4v) is 4.07. The lowest BCUT2D eigenvalue weighted by atomic mass is 9.90. The van der Waals surface area contributed by atoms with Gasteiger partial charge in [-0.3, -0.25) is 4.99 Å². The van der Waals surface area contributed by atoms with Gasteiger partial charge in [0.05, 0.1) is 11.0 Å². The number of nitrogens with zero attached hydrogens (tertiary/aromatic N) is 2. The van der Waals surface area contributed by atoms with Crippen molar-refractivity contribution in [1.82, 2.24) is 15.6 Å². The minimum atomic E-state index is -0.206. The van der Waals surface area contributed by atoms with E-state index in [4.69, 9.17) is 4.74 Å². The maximum Gasteiger partial charge on any atom is 0.191 e. The largest absolute Gasteiger partial charge is 0.487 e. The van der Waals surface area contributed by atoms with Gasteiger partial charge < -0.3 is 15.4 Å². The summed E-state index contributed by atoms with van der Waals surface area (Å²) in [4.78, 5) is 10.2. The number of halogens is 1. The normalized spacial score (nSPS) is 18.1. The summed E-state index contributed by atoms with van der Waals surface area (Å²) in [6, 6.07) is 8.40. The van der Waals surface area contributed by atoms with Crippen LogP contribution in [-0.2, 0) is 12.8 Å². The molecule has 0 radical (unpaired) electrons. The smallest absolute Gasteiger partial charge is 0.191 e.